The molecule has 4 N–H and O–H groups in total. The molecule has 1 aliphatic rings. The van der Waals surface area contributed by atoms with Crippen LogP contribution >= 0.6 is 0 Å². The molecule has 1 heterocycles. The molecule has 1 unspecified atom stereocenters. The number of benzene rings is 1. The van der Waals surface area contributed by atoms with Crippen molar-refractivity contribution in [3.63, 3.8) is 0 Å². The van der Waals surface area contributed by atoms with Crippen LogP contribution in [0.5, 0.6) is 5.75 Å². The molecule has 6 nitrogen and oxygen atoms in total. The monoisotopic (exact) mass is 291 g/mol. The molecule has 114 valence electrons. The number of primary amides is 1. The van der Waals surface area contributed by atoms with Crippen LogP contribution in [0.3, 0.4) is 0 Å². The Morgan fingerprint density at radius 3 is 2.71 bits per heavy atom. The highest BCUT2D eigenvalue weighted by Gasteiger charge is 2.13. The van der Waals surface area contributed by atoms with E-state index in [1.807, 2.05) is 0 Å². The predicted octanol–water partition coefficient (Wildman–Crippen LogP) is 0.280. The zero-order chi connectivity index (χ0) is 15.1. The van der Waals surface area contributed by atoms with E-state index in [2.05, 4.69) is 10.6 Å². The van der Waals surface area contributed by atoms with Crippen molar-refractivity contribution in [2.24, 2.45) is 11.7 Å². The summed E-state index contributed by atoms with van der Waals surface area (Å²) in [5.74, 6) is 0.409. The Morgan fingerprint density at radius 2 is 2.10 bits per heavy atom. The van der Waals surface area contributed by atoms with Gasteiger partial charge in [0.1, 0.15) is 5.75 Å². The summed E-state index contributed by atoms with van der Waals surface area (Å²) in [4.78, 5) is 22.6. The SMILES string of the molecule is NC(=O)c1ccc(OCC(=O)NCC2CCCNC2)cc1. The van der Waals surface area contributed by atoms with E-state index in [4.69, 9.17) is 10.5 Å². The molecule has 6 heteroatoms. The lowest BCUT2D eigenvalue weighted by atomic mass is 10.00. The topological polar surface area (TPSA) is 93.5 Å². The first-order valence-corrected chi connectivity index (χ1v) is 7.15. The molecule has 1 aromatic carbocycles. The third-order valence-electron chi connectivity index (χ3n) is 3.50. The van der Waals surface area contributed by atoms with Crippen molar-refractivity contribution >= 4 is 11.8 Å². The first kappa shape index (κ1) is 15.3. The van der Waals surface area contributed by atoms with Crippen molar-refractivity contribution in [1.82, 2.24) is 10.6 Å². The molecule has 1 fully saturated rings. The third-order valence-corrected chi connectivity index (χ3v) is 3.50. The molecule has 2 rings (SSSR count). The minimum atomic E-state index is -0.486. The highest BCUT2D eigenvalue weighted by molar-refractivity contribution is 5.92. The Labute approximate surface area is 124 Å². The first-order valence-electron chi connectivity index (χ1n) is 7.15. The second kappa shape index (κ2) is 7.64. The van der Waals surface area contributed by atoms with Gasteiger partial charge in [0.05, 0.1) is 0 Å². The number of ether oxygens (including phenoxy) is 1. The third kappa shape index (κ3) is 5.07. The summed E-state index contributed by atoms with van der Waals surface area (Å²) in [6, 6.07) is 6.39. The zero-order valence-electron chi connectivity index (χ0n) is 11.9. The number of hydrogen-bond acceptors (Lipinski definition) is 4. The molecule has 0 aliphatic carbocycles. The van der Waals surface area contributed by atoms with Crippen LogP contribution in [0.4, 0.5) is 0 Å². The first-order chi connectivity index (χ1) is 10.1. The van der Waals surface area contributed by atoms with Crippen LogP contribution in [0.25, 0.3) is 0 Å². The van der Waals surface area contributed by atoms with Gasteiger partial charge in [0, 0.05) is 12.1 Å². The van der Waals surface area contributed by atoms with Crippen LogP contribution in [-0.4, -0.2) is 38.1 Å². The number of carbonyl (C=O) groups is 2. The van der Waals surface area contributed by atoms with Crippen molar-refractivity contribution in [3.8, 4) is 5.75 Å². The van der Waals surface area contributed by atoms with Gasteiger partial charge >= 0.3 is 0 Å². The summed E-state index contributed by atoms with van der Waals surface area (Å²) in [6.07, 6.45) is 2.30. The van der Waals surface area contributed by atoms with Gasteiger partial charge < -0.3 is 21.1 Å². The van der Waals surface area contributed by atoms with E-state index in [0.717, 1.165) is 25.9 Å². The number of piperidine rings is 1. The molecule has 21 heavy (non-hydrogen) atoms. The standard InChI is InChI=1S/C15H21N3O3/c16-15(20)12-3-5-13(6-4-12)21-10-14(19)18-9-11-2-1-7-17-8-11/h3-6,11,17H,1-2,7-10H2,(H2,16,20)(H,18,19). The van der Waals surface area contributed by atoms with Gasteiger partial charge in [-0.1, -0.05) is 0 Å². The average molecular weight is 291 g/mol. The zero-order valence-corrected chi connectivity index (χ0v) is 11.9. The molecule has 0 spiro atoms. The van der Waals surface area contributed by atoms with Crippen molar-refractivity contribution in [2.75, 3.05) is 26.2 Å². The highest BCUT2D eigenvalue weighted by atomic mass is 16.5. The summed E-state index contributed by atoms with van der Waals surface area (Å²) < 4.78 is 5.36. The van der Waals surface area contributed by atoms with Gasteiger partial charge in [-0.3, -0.25) is 9.59 Å². The van der Waals surface area contributed by atoms with E-state index in [1.165, 1.54) is 0 Å². The maximum atomic E-state index is 11.7. The van der Waals surface area contributed by atoms with E-state index in [0.29, 0.717) is 23.8 Å². The van der Waals surface area contributed by atoms with Gasteiger partial charge in [-0.2, -0.15) is 0 Å². The summed E-state index contributed by atoms with van der Waals surface area (Å²) in [7, 11) is 0. The molecule has 0 aromatic heterocycles. The number of hydrogen-bond donors (Lipinski definition) is 3. The normalized spacial score (nSPS) is 18.0. The smallest absolute Gasteiger partial charge is 0.257 e. The molecule has 1 aliphatic heterocycles. The van der Waals surface area contributed by atoms with Crippen LogP contribution < -0.4 is 21.1 Å². The summed E-state index contributed by atoms with van der Waals surface area (Å²) >= 11 is 0. The summed E-state index contributed by atoms with van der Waals surface area (Å²) in [6.45, 7) is 2.66. The Balaban J connectivity index is 1.69. The van der Waals surface area contributed by atoms with Gasteiger partial charge in [-0.15, -0.1) is 0 Å². The van der Waals surface area contributed by atoms with Gasteiger partial charge in [-0.05, 0) is 56.1 Å². The van der Waals surface area contributed by atoms with E-state index < -0.39 is 5.91 Å². The molecule has 1 saturated heterocycles. The molecule has 2 amide bonds. The van der Waals surface area contributed by atoms with Crippen LogP contribution in [0.2, 0.25) is 0 Å². The van der Waals surface area contributed by atoms with Gasteiger partial charge in [-0.25, -0.2) is 0 Å². The van der Waals surface area contributed by atoms with E-state index in [9.17, 15) is 9.59 Å². The Morgan fingerprint density at radius 1 is 1.33 bits per heavy atom. The number of amides is 2. The number of rotatable bonds is 6. The fourth-order valence-electron chi connectivity index (χ4n) is 2.27. The van der Waals surface area contributed by atoms with E-state index in [1.54, 1.807) is 24.3 Å². The number of carbonyl (C=O) groups excluding carboxylic acids is 2. The highest BCUT2D eigenvalue weighted by Crippen LogP contribution is 2.12. The molecule has 0 radical (unpaired) electrons. The largest absolute Gasteiger partial charge is 0.484 e. The van der Waals surface area contributed by atoms with E-state index >= 15 is 0 Å². The fraction of sp³-hybridized carbons (Fsp3) is 0.467. The minimum Gasteiger partial charge on any atom is -0.484 e. The van der Waals surface area contributed by atoms with Crippen molar-refractivity contribution in [3.05, 3.63) is 29.8 Å². The molecular weight excluding hydrogens is 270 g/mol. The lowest BCUT2D eigenvalue weighted by Gasteiger charge is -2.22. The Kier molecular flexibility index (Phi) is 5.57. The maximum Gasteiger partial charge on any atom is 0.257 e. The van der Waals surface area contributed by atoms with Crippen LogP contribution in [0.15, 0.2) is 24.3 Å². The second-order valence-electron chi connectivity index (χ2n) is 5.19. The van der Waals surface area contributed by atoms with Crippen LogP contribution in [-0.2, 0) is 4.79 Å². The Bertz CT molecular complexity index is 481. The summed E-state index contributed by atoms with van der Waals surface area (Å²) in [5.41, 5.74) is 5.56. The molecule has 1 aromatic rings. The van der Waals surface area contributed by atoms with Gasteiger partial charge in [0.2, 0.25) is 5.91 Å². The fourth-order valence-corrected chi connectivity index (χ4v) is 2.27. The number of nitrogens with one attached hydrogen (secondary N) is 2. The minimum absolute atomic E-state index is 0.0317. The lowest BCUT2D eigenvalue weighted by Crippen LogP contribution is -2.39. The van der Waals surface area contributed by atoms with E-state index in [-0.39, 0.29) is 12.5 Å². The molecular formula is C15H21N3O3. The Hall–Kier alpha value is -2.08. The average Bonchev–Trinajstić information content (AvgIpc) is 2.52. The number of nitrogens with two attached hydrogens (primary N) is 1. The van der Waals surface area contributed by atoms with Crippen LogP contribution in [0.1, 0.15) is 23.2 Å². The van der Waals surface area contributed by atoms with Crippen LogP contribution in [0, 0.1) is 5.92 Å². The maximum absolute atomic E-state index is 11.7. The van der Waals surface area contributed by atoms with Gasteiger partial charge in [0.15, 0.2) is 6.61 Å². The van der Waals surface area contributed by atoms with Crippen molar-refractivity contribution in [2.45, 2.75) is 12.8 Å². The molecule has 1 atom stereocenters. The van der Waals surface area contributed by atoms with Gasteiger partial charge in [0.25, 0.3) is 5.91 Å². The lowest BCUT2D eigenvalue weighted by molar-refractivity contribution is -0.123. The quantitative estimate of drug-likeness (QED) is 0.702. The van der Waals surface area contributed by atoms with Crippen molar-refractivity contribution < 1.29 is 14.3 Å². The molecule has 0 bridgehead atoms. The van der Waals surface area contributed by atoms with Crippen molar-refractivity contribution in [1.29, 1.82) is 0 Å². The molecule has 0 saturated carbocycles. The predicted molar refractivity (Wildman–Crippen MR) is 79.1 cm³/mol. The summed E-state index contributed by atoms with van der Waals surface area (Å²) in [5, 5.41) is 6.18. The second-order valence-corrected chi connectivity index (χ2v) is 5.19.